The van der Waals surface area contributed by atoms with Gasteiger partial charge in [-0.3, -0.25) is 14.6 Å². The Bertz CT molecular complexity index is 900. The van der Waals surface area contributed by atoms with Crippen molar-refractivity contribution in [1.29, 1.82) is 0 Å². The smallest absolute Gasteiger partial charge is 0.332 e. The highest BCUT2D eigenvalue weighted by Crippen LogP contribution is 2.31. The number of amides is 4. The second kappa shape index (κ2) is 7.30. The number of pyridine rings is 1. The van der Waals surface area contributed by atoms with Crippen LogP contribution in [0.1, 0.15) is 23.2 Å². The van der Waals surface area contributed by atoms with E-state index in [1.54, 1.807) is 54.6 Å². The third-order valence-corrected chi connectivity index (χ3v) is 5.13. The minimum atomic E-state index is -0.567. The minimum Gasteiger partial charge on any atom is -0.497 e. The Morgan fingerprint density at radius 2 is 2.00 bits per heavy atom. The summed E-state index contributed by atoms with van der Waals surface area (Å²) in [6.07, 6.45) is 4.09. The van der Waals surface area contributed by atoms with Crippen molar-refractivity contribution in [2.24, 2.45) is 0 Å². The molecule has 2 saturated heterocycles. The molecular weight excluding hydrogens is 360 g/mol. The monoisotopic (exact) mass is 380 g/mol. The number of hydrogen-bond acceptors (Lipinski definition) is 5. The van der Waals surface area contributed by atoms with Gasteiger partial charge in [0, 0.05) is 25.0 Å². The number of nitrogens with one attached hydrogen (secondary N) is 1. The van der Waals surface area contributed by atoms with Crippen molar-refractivity contribution in [2.45, 2.75) is 24.9 Å². The molecule has 4 amide bonds. The summed E-state index contributed by atoms with van der Waals surface area (Å²) in [6.45, 7) is 0.417. The molecule has 1 aromatic heterocycles. The number of imide groups is 1. The molecule has 3 heterocycles. The van der Waals surface area contributed by atoms with Gasteiger partial charge in [-0.25, -0.2) is 9.69 Å². The first-order chi connectivity index (χ1) is 13.6. The van der Waals surface area contributed by atoms with Crippen molar-refractivity contribution in [2.75, 3.05) is 18.6 Å². The number of ether oxygens (including phenoxy) is 1. The number of nitrogens with zero attached hydrogens (tertiary/aromatic N) is 3. The number of carbonyl (C=O) groups is 3. The van der Waals surface area contributed by atoms with Crippen LogP contribution >= 0.6 is 0 Å². The van der Waals surface area contributed by atoms with Gasteiger partial charge in [-0.05, 0) is 49.2 Å². The average Bonchev–Trinajstić information content (AvgIpc) is 2.98. The molecule has 2 aliphatic rings. The lowest BCUT2D eigenvalue weighted by atomic mass is 9.97. The molecule has 2 aliphatic heterocycles. The third kappa shape index (κ3) is 3.17. The van der Waals surface area contributed by atoms with Gasteiger partial charge in [0.25, 0.3) is 11.8 Å². The van der Waals surface area contributed by atoms with Gasteiger partial charge in [0.1, 0.15) is 11.8 Å². The predicted octanol–water partition coefficient (Wildman–Crippen LogP) is 1.82. The highest BCUT2D eigenvalue weighted by molar-refractivity contribution is 6.21. The van der Waals surface area contributed by atoms with Gasteiger partial charge in [-0.1, -0.05) is 0 Å². The lowest BCUT2D eigenvalue weighted by Gasteiger charge is -2.32. The fraction of sp³-hybridized carbons (Fsp3) is 0.300. The van der Waals surface area contributed by atoms with Crippen LogP contribution in [0.2, 0.25) is 0 Å². The predicted molar refractivity (Wildman–Crippen MR) is 101 cm³/mol. The minimum absolute atomic E-state index is 0.179. The SMILES string of the molecule is COc1ccc(N2C(=O)[C@H]3C[C@@H](NC(=O)c4cccnc4)CCN3C2=O)cc1. The van der Waals surface area contributed by atoms with E-state index in [-0.39, 0.29) is 23.9 Å². The standard InChI is InChI=1S/C20H20N4O4/c1-28-16-6-4-15(5-7-16)24-19(26)17-11-14(8-10-23(17)20(24)27)22-18(25)13-3-2-9-21-12-13/h2-7,9,12,14,17H,8,10-11H2,1H3,(H,22,25)/t14-,17+/m0/s1. The van der Waals surface area contributed by atoms with E-state index >= 15 is 0 Å². The van der Waals surface area contributed by atoms with Crippen molar-refractivity contribution in [3.05, 3.63) is 54.4 Å². The van der Waals surface area contributed by atoms with Gasteiger partial charge in [0.05, 0.1) is 18.4 Å². The quantitative estimate of drug-likeness (QED) is 0.817. The summed E-state index contributed by atoms with van der Waals surface area (Å²) in [5.74, 6) is 0.157. The van der Waals surface area contributed by atoms with Crippen molar-refractivity contribution in [3.8, 4) is 5.75 Å². The molecule has 0 unspecified atom stereocenters. The molecule has 0 aliphatic carbocycles. The lowest BCUT2D eigenvalue weighted by molar-refractivity contribution is -0.120. The van der Waals surface area contributed by atoms with Crippen molar-refractivity contribution in [3.63, 3.8) is 0 Å². The summed E-state index contributed by atoms with van der Waals surface area (Å²) >= 11 is 0. The Morgan fingerprint density at radius 1 is 1.21 bits per heavy atom. The Morgan fingerprint density at radius 3 is 2.68 bits per heavy atom. The van der Waals surface area contributed by atoms with E-state index in [4.69, 9.17) is 4.74 Å². The summed E-state index contributed by atoms with van der Waals surface area (Å²) < 4.78 is 5.12. The number of carbonyl (C=O) groups excluding carboxylic acids is 3. The number of fused-ring (bicyclic) bond motifs is 1. The molecule has 0 bridgehead atoms. The number of anilines is 1. The molecule has 2 atom stereocenters. The molecule has 2 fully saturated rings. The fourth-order valence-electron chi connectivity index (χ4n) is 3.67. The molecule has 0 spiro atoms. The fourth-order valence-corrected chi connectivity index (χ4v) is 3.67. The zero-order valence-electron chi connectivity index (χ0n) is 15.4. The van der Waals surface area contributed by atoms with E-state index in [0.29, 0.717) is 36.4 Å². The zero-order valence-corrected chi connectivity index (χ0v) is 15.4. The molecule has 0 radical (unpaired) electrons. The normalized spacial score (nSPS) is 21.5. The third-order valence-electron chi connectivity index (χ3n) is 5.13. The molecule has 8 heteroatoms. The number of aromatic nitrogens is 1. The van der Waals surface area contributed by atoms with Crippen molar-refractivity contribution in [1.82, 2.24) is 15.2 Å². The Hall–Kier alpha value is -3.42. The van der Waals surface area contributed by atoms with E-state index in [1.165, 1.54) is 11.1 Å². The van der Waals surface area contributed by atoms with Crippen LogP contribution in [0.25, 0.3) is 0 Å². The molecular formula is C20H20N4O4. The summed E-state index contributed by atoms with van der Waals surface area (Å²) in [6, 6.07) is 9.12. The van der Waals surface area contributed by atoms with Crippen molar-refractivity contribution < 1.29 is 19.1 Å². The topological polar surface area (TPSA) is 91.8 Å². The number of hydrogen-bond donors (Lipinski definition) is 1. The number of urea groups is 1. The van der Waals surface area contributed by atoms with Gasteiger partial charge in [-0.2, -0.15) is 0 Å². The maximum Gasteiger partial charge on any atom is 0.332 e. The highest BCUT2D eigenvalue weighted by Gasteiger charge is 2.48. The molecule has 8 nitrogen and oxygen atoms in total. The van der Waals surface area contributed by atoms with Crippen LogP contribution in [0.4, 0.5) is 10.5 Å². The first-order valence-electron chi connectivity index (χ1n) is 9.08. The first kappa shape index (κ1) is 18.0. The van der Waals surface area contributed by atoms with Gasteiger partial charge in [0.15, 0.2) is 0 Å². The molecule has 1 aromatic carbocycles. The van der Waals surface area contributed by atoms with Gasteiger partial charge in [0.2, 0.25) is 0 Å². The van der Waals surface area contributed by atoms with Crippen LogP contribution in [0.5, 0.6) is 5.75 Å². The molecule has 0 saturated carbocycles. The highest BCUT2D eigenvalue weighted by atomic mass is 16.5. The number of methoxy groups -OCH3 is 1. The molecule has 144 valence electrons. The lowest BCUT2D eigenvalue weighted by Crippen LogP contribution is -2.49. The van der Waals surface area contributed by atoms with Gasteiger partial charge < -0.3 is 15.0 Å². The molecule has 1 N–H and O–H groups in total. The Balaban J connectivity index is 1.47. The second-order valence-electron chi connectivity index (χ2n) is 6.80. The van der Waals surface area contributed by atoms with E-state index in [2.05, 4.69) is 10.3 Å². The first-order valence-corrected chi connectivity index (χ1v) is 9.08. The van der Waals surface area contributed by atoms with Crippen LogP contribution in [0, 0.1) is 0 Å². The van der Waals surface area contributed by atoms with Crippen LogP contribution in [-0.4, -0.2) is 53.5 Å². The van der Waals surface area contributed by atoms with E-state index in [1.807, 2.05) is 0 Å². The Kier molecular flexibility index (Phi) is 4.68. The molecule has 28 heavy (non-hydrogen) atoms. The van der Waals surface area contributed by atoms with Crippen LogP contribution in [0.15, 0.2) is 48.8 Å². The number of piperidine rings is 1. The van der Waals surface area contributed by atoms with Gasteiger partial charge in [-0.15, -0.1) is 0 Å². The number of benzene rings is 1. The van der Waals surface area contributed by atoms with Gasteiger partial charge >= 0.3 is 6.03 Å². The van der Waals surface area contributed by atoms with Crippen LogP contribution < -0.4 is 15.0 Å². The molecule has 2 aromatic rings. The second-order valence-corrected chi connectivity index (χ2v) is 6.80. The zero-order chi connectivity index (χ0) is 19.7. The summed E-state index contributed by atoms with van der Waals surface area (Å²) in [7, 11) is 1.56. The largest absolute Gasteiger partial charge is 0.497 e. The maximum atomic E-state index is 12.9. The summed E-state index contributed by atoms with van der Waals surface area (Å²) in [5, 5.41) is 2.95. The van der Waals surface area contributed by atoms with E-state index < -0.39 is 6.04 Å². The van der Waals surface area contributed by atoms with Crippen LogP contribution in [0.3, 0.4) is 0 Å². The van der Waals surface area contributed by atoms with Crippen LogP contribution in [-0.2, 0) is 4.79 Å². The van der Waals surface area contributed by atoms with E-state index in [0.717, 1.165) is 0 Å². The van der Waals surface area contributed by atoms with Crippen molar-refractivity contribution >= 4 is 23.5 Å². The average molecular weight is 380 g/mol. The van der Waals surface area contributed by atoms with E-state index in [9.17, 15) is 14.4 Å². The summed E-state index contributed by atoms with van der Waals surface area (Å²) in [5.41, 5.74) is 0.986. The summed E-state index contributed by atoms with van der Waals surface area (Å²) in [4.78, 5) is 44.8. The maximum absolute atomic E-state index is 12.9. The number of rotatable bonds is 4. The Labute approximate surface area is 162 Å². The molecule has 4 rings (SSSR count).